The van der Waals surface area contributed by atoms with Gasteiger partial charge in [0.2, 0.25) is 0 Å². The molecule has 14 heteroatoms. The van der Waals surface area contributed by atoms with Crippen LogP contribution in [0.15, 0.2) is 24.3 Å². The van der Waals surface area contributed by atoms with Gasteiger partial charge in [0.1, 0.15) is 5.75 Å². The largest absolute Gasteiger partial charge is 0.743 e. The maximum absolute atomic E-state index is 13.7. The van der Waals surface area contributed by atoms with E-state index in [1.54, 1.807) is 13.8 Å². The number of hydrogen-bond acceptors (Lipinski definition) is 6. The quantitative estimate of drug-likeness (QED) is 0.337. The first-order valence-electron chi connectivity index (χ1n) is 7.38. The van der Waals surface area contributed by atoms with E-state index >= 15 is 0 Å². The molecular weight excluding hydrogens is 442 g/mol. The Bertz CT molecular complexity index is 924. The third-order valence-electron chi connectivity index (χ3n) is 4.08. The van der Waals surface area contributed by atoms with Crippen LogP contribution in [0.1, 0.15) is 32.8 Å². The van der Waals surface area contributed by atoms with Crippen LogP contribution < -0.4 is 4.18 Å². The van der Waals surface area contributed by atoms with Crippen molar-refractivity contribution in [3.05, 3.63) is 29.8 Å². The van der Waals surface area contributed by atoms with Crippen molar-refractivity contribution < 1.29 is 51.9 Å². The molecule has 0 aliphatic rings. The first-order valence-corrected chi connectivity index (χ1v) is 10.2. The van der Waals surface area contributed by atoms with E-state index in [1.807, 2.05) is 6.92 Å². The molecule has 1 aromatic rings. The highest BCUT2D eigenvalue weighted by molar-refractivity contribution is 7.88. The van der Waals surface area contributed by atoms with Gasteiger partial charge in [0.05, 0.1) is 0 Å². The van der Waals surface area contributed by atoms with E-state index in [0.29, 0.717) is 12.0 Å². The van der Waals surface area contributed by atoms with Crippen molar-refractivity contribution in [1.29, 1.82) is 0 Å². The van der Waals surface area contributed by atoms with E-state index in [0.717, 1.165) is 12.1 Å². The highest BCUT2D eigenvalue weighted by Gasteiger charge is 2.81. The SMILES string of the molecule is CCC(C)(C)c1ccc(OS(=O)(=O)C(F)(F)C(F)(F)C(F)(F)S(=O)(=O)[O-])cc1. The Morgan fingerprint density at radius 1 is 0.893 bits per heavy atom. The molecular formula is C14H15F6O6S2-. The summed E-state index contributed by atoms with van der Waals surface area (Å²) in [6, 6.07) is 4.12. The maximum atomic E-state index is 13.7. The third kappa shape index (κ3) is 3.94. The van der Waals surface area contributed by atoms with Gasteiger partial charge in [-0.25, -0.2) is 8.42 Å². The summed E-state index contributed by atoms with van der Waals surface area (Å²) in [5.41, 5.74) is 0.180. The van der Waals surface area contributed by atoms with Gasteiger partial charge in [-0.1, -0.05) is 32.9 Å². The minimum absolute atomic E-state index is 0.418. The number of hydrogen-bond donors (Lipinski definition) is 0. The van der Waals surface area contributed by atoms with Gasteiger partial charge in [0.15, 0.2) is 10.1 Å². The smallest absolute Gasteiger partial charge is 0.450 e. The lowest BCUT2D eigenvalue weighted by atomic mass is 9.82. The van der Waals surface area contributed by atoms with E-state index in [1.165, 1.54) is 12.1 Å². The second-order valence-electron chi connectivity index (χ2n) is 6.36. The summed E-state index contributed by atoms with van der Waals surface area (Å²) in [7, 11) is -14.2. The zero-order valence-electron chi connectivity index (χ0n) is 14.6. The normalized spacial score (nSPS) is 14.8. The molecule has 162 valence electrons. The minimum Gasteiger partial charge on any atom is -0.743 e. The van der Waals surface area contributed by atoms with Crippen LogP contribution in [0.3, 0.4) is 0 Å². The molecule has 0 aromatic heterocycles. The fourth-order valence-electron chi connectivity index (χ4n) is 1.83. The van der Waals surface area contributed by atoms with E-state index in [4.69, 9.17) is 0 Å². The van der Waals surface area contributed by atoms with Crippen LogP contribution in [-0.4, -0.2) is 37.8 Å². The van der Waals surface area contributed by atoms with Gasteiger partial charge in [0, 0.05) is 0 Å². The van der Waals surface area contributed by atoms with Crippen molar-refractivity contribution in [2.24, 2.45) is 0 Å². The zero-order chi connectivity index (χ0) is 22.4. The average molecular weight is 457 g/mol. The van der Waals surface area contributed by atoms with Crippen LogP contribution in [0.5, 0.6) is 5.75 Å². The van der Waals surface area contributed by atoms with Crippen molar-refractivity contribution in [2.45, 2.75) is 49.0 Å². The molecule has 0 unspecified atom stereocenters. The predicted molar refractivity (Wildman–Crippen MR) is 83.8 cm³/mol. The molecule has 6 nitrogen and oxygen atoms in total. The van der Waals surface area contributed by atoms with E-state index in [-0.39, 0.29) is 0 Å². The lowest BCUT2D eigenvalue weighted by Crippen LogP contribution is -2.61. The summed E-state index contributed by atoms with van der Waals surface area (Å²) >= 11 is 0. The number of alkyl halides is 6. The monoisotopic (exact) mass is 457 g/mol. The van der Waals surface area contributed by atoms with Crippen LogP contribution in [0.25, 0.3) is 0 Å². The van der Waals surface area contributed by atoms with Gasteiger partial charge in [-0.2, -0.15) is 34.8 Å². The molecule has 0 saturated heterocycles. The fourth-order valence-corrected chi connectivity index (χ4v) is 3.25. The Labute approximate surface area is 157 Å². The van der Waals surface area contributed by atoms with Gasteiger partial charge in [-0.15, -0.1) is 0 Å². The Balaban J connectivity index is 3.32. The summed E-state index contributed by atoms with van der Waals surface area (Å²) in [4.78, 5) is 0. The molecule has 0 amide bonds. The Kier molecular flexibility index (Phi) is 6.17. The van der Waals surface area contributed by atoms with Gasteiger partial charge >= 0.3 is 26.5 Å². The summed E-state index contributed by atoms with van der Waals surface area (Å²) in [5, 5.41) is -13.7. The molecule has 0 heterocycles. The van der Waals surface area contributed by atoms with E-state index in [2.05, 4.69) is 4.18 Å². The molecule has 0 radical (unpaired) electrons. The topological polar surface area (TPSA) is 101 Å². The Hall–Kier alpha value is -1.54. The second kappa shape index (κ2) is 7.06. The Morgan fingerprint density at radius 3 is 1.68 bits per heavy atom. The second-order valence-corrected chi connectivity index (χ2v) is 9.37. The van der Waals surface area contributed by atoms with Crippen LogP contribution in [0, 0.1) is 0 Å². The van der Waals surface area contributed by atoms with Gasteiger partial charge < -0.3 is 8.74 Å². The molecule has 0 fully saturated rings. The van der Waals surface area contributed by atoms with Gasteiger partial charge in [0.25, 0.3) is 0 Å². The van der Waals surface area contributed by atoms with Crippen molar-refractivity contribution in [1.82, 2.24) is 0 Å². The highest BCUT2D eigenvalue weighted by atomic mass is 32.2. The third-order valence-corrected chi connectivity index (χ3v) is 6.27. The molecule has 0 aliphatic heterocycles. The van der Waals surface area contributed by atoms with Crippen LogP contribution in [0.4, 0.5) is 26.3 Å². The zero-order valence-corrected chi connectivity index (χ0v) is 16.2. The van der Waals surface area contributed by atoms with Crippen molar-refractivity contribution >= 4 is 20.2 Å². The molecule has 0 atom stereocenters. The van der Waals surface area contributed by atoms with Crippen molar-refractivity contribution in [3.63, 3.8) is 0 Å². The first kappa shape index (κ1) is 24.5. The van der Waals surface area contributed by atoms with E-state index in [9.17, 15) is 47.7 Å². The summed E-state index contributed by atoms with van der Waals surface area (Å²) < 4.78 is 138. The van der Waals surface area contributed by atoms with Gasteiger partial charge in [-0.3, -0.25) is 0 Å². The number of benzene rings is 1. The number of halogens is 6. The van der Waals surface area contributed by atoms with Crippen LogP contribution >= 0.6 is 0 Å². The summed E-state index contributed by atoms with van der Waals surface area (Å²) in [5.74, 6) is -8.02. The predicted octanol–water partition coefficient (Wildman–Crippen LogP) is 3.45. The average Bonchev–Trinajstić information content (AvgIpc) is 2.53. The lowest BCUT2D eigenvalue weighted by Gasteiger charge is -2.32. The molecule has 1 aromatic carbocycles. The van der Waals surface area contributed by atoms with Crippen molar-refractivity contribution in [2.75, 3.05) is 0 Å². The number of rotatable bonds is 8. The molecule has 0 spiro atoms. The molecule has 0 N–H and O–H groups in total. The van der Waals surface area contributed by atoms with Crippen LogP contribution in [0.2, 0.25) is 0 Å². The van der Waals surface area contributed by atoms with E-state index < -0.39 is 47.8 Å². The summed E-state index contributed by atoms with van der Waals surface area (Å²) in [6.45, 7) is 5.40. The molecule has 28 heavy (non-hydrogen) atoms. The van der Waals surface area contributed by atoms with Crippen molar-refractivity contribution in [3.8, 4) is 5.75 Å². The molecule has 1 rings (SSSR count). The maximum Gasteiger partial charge on any atom is 0.450 e. The fraction of sp³-hybridized carbons (Fsp3) is 0.571. The summed E-state index contributed by atoms with van der Waals surface area (Å²) in [6.07, 6.45) is 0.620. The molecule has 0 aliphatic carbocycles. The Morgan fingerprint density at radius 2 is 1.32 bits per heavy atom. The minimum atomic E-state index is -7.33. The van der Waals surface area contributed by atoms with Crippen LogP contribution in [-0.2, 0) is 25.7 Å². The molecule has 0 bridgehead atoms. The lowest BCUT2D eigenvalue weighted by molar-refractivity contribution is -0.247. The standard InChI is InChI=1S/C14H16F6O6S2/c1-4-11(2,3)9-5-7-10(8-6-9)26-28(24,25)14(19,20)12(15,16)13(17,18)27(21,22)23/h5-8H,4H2,1-3H3,(H,21,22,23)/p-1. The highest BCUT2D eigenvalue weighted by Crippen LogP contribution is 2.50. The first-order chi connectivity index (χ1) is 12.2. The van der Waals surface area contributed by atoms with Gasteiger partial charge in [-0.05, 0) is 29.5 Å². The molecule has 0 saturated carbocycles.